The summed E-state index contributed by atoms with van der Waals surface area (Å²) in [7, 11) is 0. The predicted octanol–water partition coefficient (Wildman–Crippen LogP) is 1.99. The van der Waals surface area contributed by atoms with Gasteiger partial charge in [-0.15, -0.1) is 0 Å². The van der Waals surface area contributed by atoms with Crippen LogP contribution in [0.25, 0.3) is 0 Å². The largest absolute Gasteiger partial charge is 0.269 e. The van der Waals surface area contributed by atoms with Crippen molar-refractivity contribution in [3.63, 3.8) is 0 Å². The van der Waals surface area contributed by atoms with Crippen LogP contribution in [0.2, 0.25) is 0 Å². The summed E-state index contributed by atoms with van der Waals surface area (Å²) < 4.78 is 0. The van der Waals surface area contributed by atoms with E-state index >= 15 is 0 Å². The van der Waals surface area contributed by atoms with Gasteiger partial charge in [0.25, 0.3) is 0 Å². The van der Waals surface area contributed by atoms with Crippen molar-refractivity contribution >= 4 is 0 Å². The van der Waals surface area contributed by atoms with Gasteiger partial charge < -0.3 is 0 Å². The summed E-state index contributed by atoms with van der Waals surface area (Å²) >= 11 is 0. The van der Waals surface area contributed by atoms with Crippen LogP contribution in [0.4, 0.5) is 9.41 Å². The third-order valence-corrected chi connectivity index (χ3v) is 0.667. The Hall–Kier alpha value is -0.297. The van der Waals surface area contributed by atoms with E-state index in [1.54, 1.807) is 0 Å². The van der Waals surface area contributed by atoms with E-state index in [-0.39, 0.29) is 28.9 Å². The van der Waals surface area contributed by atoms with Gasteiger partial charge in [0.2, 0.25) is 0 Å². The van der Waals surface area contributed by atoms with E-state index in [9.17, 15) is 0 Å². The second-order valence-corrected chi connectivity index (χ2v) is 1.15. The van der Waals surface area contributed by atoms with E-state index < -0.39 is 0 Å². The second-order valence-electron chi connectivity index (χ2n) is 1.15. The van der Waals surface area contributed by atoms with Crippen LogP contribution in [0.1, 0.15) is 0 Å². The molecule has 0 bridgehead atoms. The molecule has 1 aromatic rings. The summed E-state index contributed by atoms with van der Waals surface area (Å²) in [6, 6.07) is 12.0. The molecule has 0 aliphatic carbocycles. The standard InChI is InChI=1S/C6H6.2FH.Ru/c1-2-4-6-5-3-1;;;/h1-6H;2*1H;. The van der Waals surface area contributed by atoms with E-state index in [1.165, 1.54) is 0 Å². The van der Waals surface area contributed by atoms with Crippen LogP contribution in [0.3, 0.4) is 0 Å². The third kappa shape index (κ3) is 7.70. The smallest absolute Gasteiger partial charge is 0 e. The minimum absolute atomic E-state index is 0. The van der Waals surface area contributed by atoms with Gasteiger partial charge in [-0.3, -0.25) is 9.41 Å². The molecule has 0 aromatic heterocycles. The first-order valence-corrected chi connectivity index (χ1v) is 2.00. The molecule has 1 aromatic carbocycles. The van der Waals surface area contributed by atoms with Crippen LogP contribution in [-0.4, -0.2) is 0 Å². The summed E-state index contributed by atoms with van der Waals surface area (Å²) in [4.78, 5) is 0. The Morgan fingerprint density at radius 1 is 0.444 bits per heavy atom. The molecule has 0 fully saturated rings. The predicted molar refractivity (Wildman–Crippen MR) is 31.4 cm³/mol. The number of halogens is 2. The first-order valence-electron chi connectivity index (χ1n) is 2.00. The normalized spacial score (nSPS) is 5.33. The average molecular weight is 219 g/mol. The van der Waals surface area contributed by atoms with Gasteiger partial charge in [-0.1, -0.05) is 36.4 Å². The molecular weight excluding hydrogens is 211 g/mol. The fraction of sp³-hybridized carbons (Fsp3) is 0. The summed E-state index contributed by atoms with van der Waals surface area (Å²) in [5.41, 5.74) is 0. The topological polar surface area (TPSA) is 0 Å². The summed E-state index contributed by atoms with van der Waals surface area (Å²) in [6.45, 7) is 0. The molecule has 1 rings (SSSR count). The van der Waals surface area contributed by atoms with Crippen molar-refractivity contribution in [1.29, 1.82) is 0 Å². The SMILES string of the molecule is F.F.[Ru].c1ccccc1. The summed E-state index contributed by atoms with van der Waals surface area (Å²) in [5, 5.41) is 0. The van der Waals surface area contributed by atoms with Crippen LogP contribution >= 0.6 is 0 Å². The zero-order valence-electron chi connectivity index (χ0n) is 4.63. The Bertz CT molecular complexity index is 83.0. The number of rotatable bonds is 0. The molecule has 0 unspecified atom stereocenters. The van der Waals surface area contributed by atoms with Crippen molar-refractivity contribution in [3.8, 4) is 0 Å². The van der Waals surface area contributed by atoms with Gasteiger partial charge >= 0.3 is 0 Å². The quantitative estimate of drug-likeness (QED) is 0.585. The van der Waals surface area contributed by atoms with E-state index in [4.69, 9.17) is 0 Å². The first kappa shape index (κ1) is 15.9. The monoisotopic (exact) mass is 220 g/mol. The molecule has 54 valence electrons. The Labute approximate surface area is 65.8 Å². The van der Waals surface area contributed by atoms with E-state index in [0.717, 1.165) is 0 Å². The van der Waals surface area contributed by atoms with E-state index in [1.807, 2.05) is 36.4 Å². The van der Waals surface area contributed by atoms with E-state index in [0.29, 0.717) is 0 Å². The summed E-state index contributed by atoms with van der Waals surface area (Å²) in [5.74, 6) is 0. The van der Waals surface area contributed by atoms with Gasteiger partial charge in [0.05, 0.1) is 0 Å². The Kier molecular flexibility index (Phi) is 18.8. The fourth-order valence-corrected chi connectivity index (χ4v) is 0.385. The number of hydrogen-bond donors (Lipinski definition) is 0. The molecule has 0 aliphatic heterocycles. The maximum Gasteiger partial charge on any atom is 0 e. The fourth-order valence-electron chi connectivity index (χ4n) is 0.385. The van der Waals surface area contributed by atoms with Crippen molar-refractivity contribution < 1.29 is 28.9 Å². The number of hydrogen-bond acceptors (Lipinski definition) is 0. The molecule has 3 heteroatoms. The van der Waals surface area contributed by atoms with Crippen LogP contribution in [0.15, 0.2) is 36.4 Å². The zero-order valence-corrected chi connectivity index (χ0v) is 6.37. The van der Waals surface area contributed by atoms with Crippen molar-refractivity contribution in [2.45, 2.75) is 0 Å². The van der Waals surface area contributed by atoms with Gasteiger partial charge in [-0.2, -0.15) is 0 Å². The molecular formula is C6H8F2Ru. The van der Waals surface area contributed by atoms with Crippen LogP contribution in [0, 0.1) is 0 Å². The van der Waals surface area contributed by atoms with Crippen molar-refractivity contribution in [2.75, 3.05) is 0 Å². The zero-order chi connectivity index (χ0) is 4.24. The maximum atomic E-state index is 2.00. The minimum atomic E-state index is 0. The molecule has 9 heavy (non-hydrogen) atoms. The van der Waals surface area contributed by atoms with Gasteiger partial charge in [0.1, 0.15) is 0 Å². The Morgan fingerprint density at radius 3 is 0.667 bits per heavy atom. The van der Waals surface area contributed by atoms with Crippen LogP contribution < -0.4 is 0 Å². The van der Waals surface area contributed by atoms with E-state index in [2.05, 4.69) is 0 Å². The maximum absolute atomic E-state index is 2.00. The Balaban J connectivity index is -0.000000120. The van der Waals surface area contributed by atoms with Gasteiger partial charge in [0, 0.05) is 19.5 Å². The van der Waals surface area contributed by atoms with Gasteiger partial charge in [-0.05, 0) is 0 Å². The molecule has 0 N–H and O–H groups in total. The molecule has 0 saturated carbocycles. The number of benzene rings is 1. The molecule has 0 amide bonds. The molecule has 0 spiro atoms. The van der Waals surface area contributed by atoms with Gasteiger partial charge in [0.15, 0.2) is 0 Å². The minimum Gasteiger partial charge on any atom is -0.269 e. The second kappa shape index (κ2) is 10.6. The third-order valence-electron chi connectivity index (χ3n) is 0.667. The molecule has 0 aliphatic rings. The van der Waals surface area contributed by atoms with Crippen molar-refractivity contribution in [3.05, 3.63) is 36.4 Å². The molecule has 0 radical (unpaired) electrons. The molecule has 0 heterocycles. The van der Waals surface area contributed by atoms with Crippen LogP contribution in [-0.2, 0) is 19.5 Å². The molecule has 0 atom stereocenters. The summed E-state index contributed by atoms with van der Waals surface area (Å²) in [6.07, 6.45) is 0. The molecule has 0 nitrogen and oxygen atoms in total. The van der Waals surface area contributed by atoms with Crippen molar-refractivity contribution in [2.24, 2.45) is 0 Å². The first-order chi connectivity index (χ1) is 3.00. The van der Waals surface area contributed by atoms with Crippen molar-refractivity contribution in [1.82, 2.24) is 0 Å². The van der Waals surface area contributed by atoms with Crippen LogP contribution in [0.5, 0.6) is 0 Å². The Morgan fingerprint density at radius 2 is 0.556 bits per heavy atom. The van der Waals surface area contributed by atoms with Gasteiger partial charge in [-0.25, -0.2) is 0 Å². The molecule has 0 saturated heterocycles. The average Bonchev–Trinajstić information content (AvgIpc) is 1.72.